The van der Waals surface area contributed by atoms with E-state index in [2.05, 4.69) is 34.2 Å². The molecule has 0 radical (unpaired) electrons. The second kappa shape index (κ2) is 5.79. The van der Waals surface area contributed by atoms with Crippen molar-refractivity contribution in [1.82, 2.24) is 19.7 Å². The lowest BCUT2D eigenvalue weighted by Gasteiger charge is -2.12. The maximum Gasteiger partial charge on any atom is 0.137 e. The smallest absolute Gasteiger partial charge is 0.137 e. The zero-order valence-corrected chi connectivity index (χ0v) is 13.3. The zero-order valence-electron chi connectivity index (χ0n) is 12.5. The van der Waals surface area contributed by atoms with Crippen LogP contribution in [-0.2, 0) is 13.6 Å². The Morgan fingerprint density at radius 1 is 1.30 bits per heavy atom. The van der Waals surface area contributed by atoms with Gasteiger partial charge in [0.2, 0.25) is 0 Å². The molecule has 0 atom stereocenters. The quantitative estimate of drug-likeness (QED) is 0.880. The molecular formula is C14H20ClN5. The van der Waals surface area contributed by atoms with Crippen molar-refractivity contribution in [1.29, 1.82) is 0 Å². The van der Waals surface area contributed by atoms with Gasteiger partial charge in [-0.2, -0.15) is 5.10 Å². The molecule has 0 unspecified atom stereocenters. The van der Waals surface area contributed by atoms with Crippen molar-refractivity contribution in [3.63, 3.8) is 0 Å². The molecule has 0 aliphatic heterocycles. The molecule has 0 fully saturated rings. The van der Waals surface area contributed by atoms with Crippen molar-refractivity contribution >= 4 is 17.4 Å². The molecule has 0 saturated heterocycles. The minimum atomic E-state index is 0.244. The standard InChI is InChI=1S/C14H20ClN5/c1-8(2)13-17-12(15)9(3)14(18-13)16-6-11-7-20(5)19-10(11)4/h7-8H,6H2,1-5H3,(H,16,17,18). The highest BCUT2D eigenvalue weighted by atomic mass is 35.5. The van der Waals surface area contributed by atoms with Gasteiger partial charge in [0.05, 0.1) is 5.69 Å². The fraction of sp³-hybridized carbons (Fsp3) is 0.500. The van der Waals surface area contributed by atoms with Crippen molar-refractivity contribution in [3.8, 4) is 0 Å². The highest BCUT2D eigenvalue weighted by molar-refractivity contribution is 6.30. The van der Waals surface area contributed by atoms with E-state index in [0.717, 1.165) is 28.5 Å². The summed E-state index contributed by atoms with van der Waals surface area (Å²) in [6.45, 7) is 8.69. The average Bonchev–Trinajstić information content (AvgIpc) is 2.69. The normalized spacial score (nSPS) is 11.2. The predicted octanol–water partition coefficient (Wildman–Crippen LogP) is 3.22. The second-order valence-electron chi connectivity index (χ2n) is 5.27. The van der Waals surface area contributed by atoms with Gasteiger partial charge in [-0.15, -0.1) is 0 Å². The Hall–Kier alpha value is -1.62. The van der Waals surface area contributed by atoms with Crippen molar-refractivity contribution in [2.24, 2.45) is 7.05 Å². The Morgan fingerprint density at radius 2 is 2.00 bits per heavy atom. The lowest BCUT2D eigenvalue weighted by atomic mass is 10.2. The monoisotopic (exact) mass is 293 g/mol. The molecule has 108 valence electrons. The molecular weight excluding hydrogens is 274 g/mol. The molecule has 2 aromatic rings. The summed E-state index contributed by atoms with van der Waals surface area (Å²) in [6.07, 6.45) is 2.00. The first-order chi connectivity index (χ1) is 9.38. The van der Waals surface area contributed by atoms with Gasteiger partial charge in [-0.3, -0.25) is 4.68 Å². The summed E-state index contributed by atoms with van der Waals surface area (Å²) >= 11 is 6.17. The van der Waals surface area contributed by atoms with E-state index in [1.165, 1.54) is 0 Å². The molecule has 5 nitrogen and oxygen atoms in total. The Kier molecular flexibility index (Phi) is 4.28. The number of rotatable bonds is 4. The molecule has 0 aliphatic rings. The molecule has 2 aromatic heterocycles. The summed E-state index contributed by atoms with van der Waals surface area (Å²) in [5.74, 6) is 1.79. The van der Waals surface area contributed by atoms with E-state index in [9.17, 15) is 0 Å². The molecule has 6 heteroatoms. The lowest BCUT2D eigenvalue weighted by Crippen LogP contribution is -2.08. The first kappa shape index (κ1) is 14.8. The highest BCUT2D eigenvalue weighted by Gasteiger charge is 2.12. The van der Waals surface area contributed by atoms with Crippen LogP contribution in [0.25, 0.3) is 0 Å². The number of nitrogens with one attached hydrogen (secondary N) is 1. The molecule has 0 aromatic carbocycles. The van der Waals surface area contributed by atoms with Crippen LogP contribution in [0.4, 0.5) is 5.82 Å². The van der Waals surface area contributed by atoms with E-state index in [-0.39, 0.29) is 5.92 Å². The van der Waals surface area contributed by atoms with Gasteiger partial charge in [-0.05, 0) is 13.8 Å². The third-order valence-corrected chi connectivity index (χ3v) is 3.55. The summed E-state index contributed by atoms with van der Waals surface area (Å²) in [6, 6.07) is 0. The van der Waals surface area contributed by atoms with Crippen LogP contribution in [0.2, 0.25) is 5.15 Å². The van der Waals surface area contributed by atoms with Crippen LogP contribution in [0, 0.1) is 13.8 Å². The fourth-order valence-electron chi connectivity index (χ4n) is 1.94. The van der Waals surface area contributed by atoms with Gasteiger partial charge in [-0.25, -0.2) is 9.97 Å². The van der Waals surface area contributed by atoms with Gasteiger partial charge in [0.15, 0.2) is 0 Å². The number of nitrogens with zero attached hydrogens (tertiary/aromatic N) is 4. The third kappa shape index (κ3) is 3.10. The van der Waals surface area contributed by atoms with Crippen LogP contribution in [0.3, 0.4) is 0 Å². The van der Waals surface area contributed by atoms with Gasteiger partial charge in [0.1, 0.15) is 16.8 Å². The van der Waals surface area contributed by atoms with Crippen molar-refractivity contribution in [3.05, 3.63) is 34.0 Å². The zero-order chi connectivity index (χ0) is 14.9. The van der Waals surface area contributed by atoms with Gasteiger partial charge < -0.3 is 5.32 Å². The molecule has 1 N–H and O–H groups in total. The van der Waals surface area contributed by atoms with E-state index < -0.39 is 0 Å². The molecule has 0 aliphatic carbocycles. The highest BCUT2D eigenvalue weighted by Crippen LogP contribution is 2.23. The molecule has 2 heterocycles. The first-order valence-electron chi connectivity index (χ1n) is 6.65. The van der Waals surface area contributed by atoms with Gasteiger partial charge in [0.25, 0.3) is 0 Å². The van der Waals surface area contributed by atoms with Crippen LogP contribution in [0.1, 0.15) is 42.4 Å². The molecule has 0 spiro atoms. The molecule has 0 bridgehead atoms. The maximum atomic E-state index is 6.17. The first-order valence-corrected chi connectivity index (χ1v) is 7.03. The minimum Gasteiger partial charge on any atom is -0.365 e. The van der Waals surface area contributed by atoms with E-state index >= 15 is 0 Å². The Bertz CT molecular complexity index is 618. The van der Waals surface area contributed by atoms with E-state index in [1.54, 1.807) is 0 Å². The van der Waals surface area contributed by atoms with Gasteiger partial charge in [-0.1, -0.05) is 25.4 Å². The largest absolute Gasteiger partial charge is 0.365 e. The van der Waals surface area contributed by atoms with E-state index in [1.807, 2.05) is 31.8 Å². The number of hydrogen-bond acceptors (Lipinski definition) is 4. The second-order valence-corrected chi connectivity index (χ2v) is 5.63. The number of aryl methyl sites for hydroxylation is 2. The van der Waals surface area contributed by atoms with Crippen LogP contribution in [0.5, 0.6) is 0 Å². The average molecular weight is 294 g/mol. The number of anilines is 1. The molecule has 20 heavy (non-hydrogen) atoms. The maximum absolute atomic E-state index is 6.17. The summed E-state index contributed by atoms with van der Waals surface area (Å²) < 4.78 is 1.81. The van der Waals surface area contributed by atoms with Crippen molar-refractivity contribution < 1.29 is 0 Å². The summed E-state index contributed by atoms with van der Waals surface area (Å²) in [7, 11) is 1.92. The number of hydrogen-bond donors (Lipinski definition) is 1. The lowest BCUT2D eigenvalue weighted by molar-refractivity contribution is 0.756. The van der Waals surface area contributed by atoms with E-state index in [0.29, 0.717) is 11.7 Å². The summed E-state index contributed by atoms with van der Waals surface area (Å²) in [4.78, 5) is 8.86. The summed E-state index contributed by atoms with van der Waals surface area (Å²) in [5, 5.41) is 8.17. The van der Waals surface area contributed by atoms with Crippen LogP contribution in [0.15, 0.2) is 6.20 Å². The Balaban J connectivity index is 2.22. The predicted molar refractivity (Wildman–Crippen MR) is 81.1 cm³/mol. The topological polar surface area (TPSA) is 55.6 Å². The van der Waals surface area contributed by atoms with E-state index in [4.69, 9.17) is 11.6 Å². The number of halogens is 1. The van der Waals surface area contributed by atoms with Gasteiger partial charge >= 0.3 is 0 Å². The van der Waals surface area contributed by atoms with Gasteiger partial charge in [0, 0.05) is 36.8 Å². The molecule has 0 saturated carbocycles. The number of aromatic nitrogens is 4. The van der Waals surface area contributed by atoms with Crippen molar-refractivity contribution in [2.45, 2.75) is 40.2 Å². The SMILES string of the molecule is Cc1nn(C)cc1CNc1nc(C(C)C)nc(Cl)c1C. The van der Waals surface area contributed by atoms with Crippen LogP contribution >= 0.6 is 11.6 Å². The molecule has 2 rings (SSSR count). The third-order valence-electron chi connectivity index (χ3n) is 3.18. The molecule has 0 amide bonds. The van der Waals surface area contributed by atoms with Crippen molar-refractivity contribution in [2.75, 3.05) is 5.32 Å². The van der Waals surface area contributed by atoms with Crippen LogP contribution in [-0.4, -0.2) is 19.7 Å². The van der Waals surface area contributed by atoms with Crippen LogP contribution < -0.4 is 5.32 Å². The Labute approximate surface area is 124 Å². The fourth-order valence-corrected chi connectivity index (χ4v) is 2.11. The minimum absolute atomic E-state index is 0.244. The summed E-state index contributed by atoms with van der Waals surface area (Å²) in [5.41, 5.74) is 3.03. The Morgan fingerprint density at radius 3 is 2.55 bits per heavy atom.